The molecule has 0 aliphatic carbocycles. The van der Waals surface area contributed by atoms with E-state index in [2.05, 4.69) is 9.25 Å². The van der Waals surface area contributed by atoms with Crippen molar-refractivity contribution in [1.29, 1.82) is 0 Å². The summed E-state index contributed by atoms with van der Waals surface area (Å²) in [5.74, 6) is 0. The molecule has 1 atom stereocenters. The maximum absolute atomic E-state index is 10.9. The summed E-state index contributed by atoms with van der Waals surface area (Å²) in [7, 11) is -2.82. The van der Waals surface area contributed by atoms with E-state index in [1.165, 1.54) is 0 Å². The number of halogens is 1. The van der Waals surface area contributed by atoms with Crippen LogP contribution < -0.4 is 0 Å². The van der Waals surface area contributed by atoms with Gasteiger partial charge in [0.2, 0.25) is 0 Å². The molecule has 0 rings (SSSR count). The molecular weight excluding hydrogens is 146 g/mol. The Labute approximate surface area is 54.0 Å². The quantitative estimate of drug-likeness (QED) is 0.451. The summed E-state index contributed by atoms with van der Waals surface area (Å²) in [6, 6.07) is 0. The summed E-state index contributed by atoms with van der Waals surface area (Å²) in [5, 5.41) is 0. The monoisotopic (exact) mass is 156 g/mol. The topological polar surface area (TPSA) is 35.5 Å². The van der Waals surface area contributed by atoms with Crippen molar-refractivity contribution >= 4 is 8.25 Å². The standard InChI is InChI=1S/C4H10FO3P/c1-2-3-4-7-9(6)8-5/h9H,2-4H2,1H3. The van der Waals surface area contributed by atoms with Crippen molar-refractivity contribution in [2.75, 3.05) is 6.61 Å². The molecule has 0 saturated carbocycles. The Balaban J connectivity index is 2.97. The molecule has 0 aliphatic rings. The van der Waals surface area contributed by atoms with Crippen molar-refractivity contribution in [3.8, 4) is 0 Å². The Morgan fingerprint density at radius 3 is 2.78 bits per heavy atom. The third-order valence-electron chi connectivity index (χ3n) is 0.781. The fourth-order valence-corrected chi connectivity index (χ4v) is 0.678. The highest BCUT2D eigenvalue weighted by molar-refractivity contribution is 7.33. The molecule has 1 unspecified atom stereocenters. The van der Waals surface area contributed by atoms with Crippen LogP contribution in [0.3, 0.4) is 0 Å². The van der Waals surface area contributed by atoms with Gasteiger partial charge in [0.15, 0.2) is 0 Å². The third kappa shape index (κ3) is 5.96. The zero-order chi connectivity index (χ0) is 7.11. The van der Waals surface area contributed by atoms with Crippen molar-refractivity contribution in [2.24, 2.45) is 0 Å². The average Bonchev–Trinajstić information content (AvgIpc) is 1.89. The molecule has 0 aromatic carbocycles. The van der Waals surface area contributed by atoms with Crippen molar-refractivity contribution < 1.29 is 18.3 Å². The second kappa shape index (κ2) is 6.20. The molecule has 0 N–H and O–H groups in total. The van der Waals surface area contributed by atoms with E-state index in [1.54, 1.807) is 0 Å². The fourth-order valence-electron chi connectivity index (χ4n) is 0.322. The lowest BCUT2D eigenvalue weighted by Crippen LogP contribution is -1.83. The van der Waals surface area contributed by atoms with Gasteiger partial charge in [0.05, 0.1) is 6.61 Å². The van der Waals surface area contributed by atoms with Gasteiger partial charge in [0.1, 0.15) is 0 Å². The predicted octanol–water partition coefficient (Wildman–Crippen LogP) is 2.09. The van der Waals surface area contributed by atoms with Gasteiger partial charge in [0.25, 0.3) is 0 Å². The number of rotatable bonds is 5. The van der Waals surface area contributed by atoms with Gasteiger partial charge in [-0.2, -0.15) is 0 Å². The molecule has 56 valence electrons. The van der Waals surface area contributed by atoms with Crippen LogP contribution in [-0.2, 0) is 13.8 Å². The Kier molecular flexibility index (Phi) is 6.26. The Morgan fingerprint density at radius 2 is 2.33 bits per heavy atom. The average molecular weight is 156 g/mol. The van der Waals surface area contributed by atoms with Gasteiger partial charge < -0.3 is 4.52 Å². The second-order valence-corrected chi connectivity index (χ2v) is 2.47. The molecule has 0 aliphatic heterocycles. The molecule has 0 amide bonds. The molecule has 0 aromatic heterocycles. The first-order chi connectivity index (χ1) is 4.31. The summed E-state index contributed by atoms with van der Waals surface area (Å²) in [6.07, 6.45) is 1.71. The van der Waals surface area contributed by atoms with Gasteiger partial charge in [-0.3, -0.25) is 4.57 Å². The predicted molar refractivity (Wildman–Crippen MR) is 32.1 cm³/mol. The first-order valence-electron chi connectivity index (χ1n) is 2.76. The molecule has 0 spiro atoms. The number of hydrogen-bond donors (Lipinski definition) is 0. The highest BCUT2D eigenvalue weighted by Crippen LogP contribution is 2.23. The summed E-state index contributed by atoms with van der Waals surface area (Å²) in [4.78, 5) is 0. The summed E-state index contributed by atoms with van der Waals surface area (Å²) in [6.45, 7) is 2.26. The minimum absolute atomic E-state index is 0.304. The van der Waals surface area contributed by atoms with E-state index in [9.17, 15) is 9.09 Å². The lowest BCUT2D eigenvalue weighted by atomic mass is 10.4. The molecule has 0 aromatic rings. The van der Waals surface area contributed by atoms with Crippen molar-refractivity contribution in [3.05, 3.63) is 0 Å². The summed E-state index contributed by atoms with van der Waals surface area (Å²) in [5.41, 5.74) is 0. The largest absolute Gasteiger partial charge is 0.352 e. The third-order valence-corrected chi connectivity index (χ3v) is 1.35. The van der Waals surface area contributed by atoms with Crippen LogP contribution in [0.15, 0.2) is 0 Å². The van der Waals surface area contributed by atoms with Crippen LogP contribution in [0.4, 0.5) is 4.53 Å². The van der Waals surface area contributed by atoms with Crippen molar-refractivity contribution in [3.63, 3.8) is 0 Å². The smallest absolute Gasteiger partial charge is 0.309 e. The van der Waals surface area contributed by atoms with E-state index >= 15 is 0 Å². The zero-order valence-electron chi connectivity index (χ0n) is 5.22. The van der Waals surface area contributed by atoms with Crippen LogP contribution >= 0.6 is 8.25 Å². The first kappa shape index (κ1) is 9.08. The van der Waals surface area contributed by atoms with Gasteiger partial charge in [-0.05, 0) is 10.9 Å². The molecular formula is C4H10FO3P. The minimum Gasteiger partial charge on any atom is -0.309 e. The van der Waals surface area contributed by atoms with E-state index in [-0.39, 0.29) is 0 Å². The fraction of sp³-hybridized carbons (Fsp3) is 1.00. The molecule has 0 bridgehead atoms. The normalized spacial score (nSPS) is 13.6. The van der Waals surface area contributed by atoms with Gasteiger partial charge >= 0.3 is 8.25 Å². The van der Waals surface area contributed by atoms with E-state index in [0.29, 0.717) is 6.61 Å². The SMILES string of the molecule is CCCCO[PH](=O)OF. The van der Waals surface area contributed by atoms with Crippen molar-refractivity contribution in [1.82, 2.24) is 0 Å². The second-order valence-electron chi connectivity index (χ2n) is 1.53. The molecule has 0 saturated heterocycles. The molecule has 3 nitrogen and oxygen atoms in total. The van der Waals surface area contributed by atoms with Crippen LogP contribution in [0.25, 0.3) is 0 Å². The number of unbranched alkanes of at least 4 members (excludes halogenated alkanes) is 1. The maximum atomic E-state index is 10.9. The highest BCUT2D eigenvalue weighted by Gasteiger charge is 1.95. The lowest BCUT2D eigenvalue weighted by Gasteiger charge is -1.95. The van der Waals surface area contributed by atoms with E-state index in [1.807, 2.05) is 6.92 Å². The molecule has 0 radical (unpaired) electrons. The van der Waals surface area contributed by atoms with E-state index in [0.717, 1.165) is 12.8 Å². The highest BCUT2D eigenvalue weighted by atomic mass is 31.1. The van der Waals surface area contributed by atoms with Gasteiger partial charge in [0, 0.05) is 0 Å². The summed E-state index contributed by atoms with van der Waals surface area (Å²) >= 11 is 0. The van der Waals surface area contributed by atoms with Crippen LogP contribution in [-0.4, -0.2) is 6.61 Å². The number of hydrogen-bond acceptors (Lipinski definition) is 3. The Morgan fingerprint density at radius 1 is 1.67 bits per heavy atom. The lowest BCUT2D eigenvalue weighted by molar-refractivity contribution is -0.0161. The van der Waals surface area contributed by atoms with Gasteiger partial charge in [-0.15, -0.1) is 4.73 Å². The molecule has 5 heteroatoms. The van der Waals surface area contributed by atoms with Crippen LogP contribution in [0, 0.1) is 0 Å². The zero-order valence-corrected chi connectivity index (χ0v) is 6.22. The van der Waals surface area contributed by atoms with Crippen LogP contribution in [0.5, 0.6) is 0 Å². The van der Waals surface area contributed by atoms with E-state index in [4.69, 9.17) is 0 Å². The van der Waals surface area contributed by atoms with Crippen LogP contribution in [0.2, 0.25) is 0 Å². The van der Waals surface area contributed by atoms with E-state index < -0.39 is 8.25 Å². The first-order valence-corrected chi connectivity index (χ1v) is 3.99. The van der Waals surface area contributed by atoms with Crippen LogP contribution in [0.1, 0.15) is 19.8 Å². The molecule has 0 heterocycles. The maximum Gasteiger partial charge on any atom is 0.352 e. The Bertz CT molecular complexity index is 87.9. The van der Waals surface area contributed by atoms with Crippen molar-refractivity contribution in [2.45, 2.75) is 19.8 Å². The minimum atomic E-state index is -2.82. The van der Waals surface area contributed by atoms with Gasteiger partial charge in [-0.25, -0.2) is 0 Å². The van der Waals surface area contributed by atoms with Gasteiger partial charge in [-0.1, -0.05) is 13.3 Å². The summed E-state index contributed by atoms with van der Waals surface area (Å²) < 4.78 is 28.3. The molecule has 0 fully saturated rings. The Hall–Kier alpha value is 0.0800. The molecule has 9 heavy (non-hydrogen) atoms.